The van der Waals surface area contributed by atoms with Crippen molar-refractivity contribution < 1.29 is 8.78 Å². The number of hydrogen-bond donors (Lipinski definition) is 2. The molecule has 0 aromatic heterocycles. The fourth-order valence-corrected chi connectivity index (χ4v) is 4.57. The Bertz CT molecular complexity index is 796. The van der Waals surface area contributed by atoms with Gasteiger partial charge in [0.2, 0.25) is 0 Å². The number of aliphatic imine (C=N–C) groups is 1. The number of para-hydroxylation sites is 2. The average molecular weight is 359 g/mol. The van der Waals surface area contributed by atoms with Crippen molar-refractivity contribution in [3.8, 4) is 0 Å². The number of hydrogen-bond acceptors (Lipinski definition) is 3. The molecule has 6 heteroatoms. The summed E-state index contributed by atoms with van der Waals surface area (Å²) in [7, 11) is 0. The van der Waals surface area contributed by atoms with Gasteiger partial charge in [-0.2, -0.15) is 11.8 Å². The lowest BCUT2D eigenvalue weighted by Gasteiger charge is -2.43. The fraction of sp³-hybridized carbons (Fsp3) is 0.316. The Balaban J connectivity index is 1.70. The highest BCUT2D eigenvalue weighted by molar-refractivity contribution is 7.99. The van der Waals surface area contributed by atoms with Crippen LogP contribution in [0.4, 0.5) is 20.2 Å². The number of thioether (sulfide) groups is 1. The average Bonchev–Trinajstić information content (AvgIpc) is 2.62. The maximum absolute atomic E-state index is 13.9. The van der Waals surface area contributed by atoms with E-state index in [-0.39, 0.29) is 17.6 Å². The van der Waals surface area contributed by atoms with Crippen LogP contribution in [0.25, 0.3) is 0 Å². The molecule has 0 amide bonds. The zero-order valence-corrected chi connectivity index (χ0v) is 14.5. The topological polar surface area (TPSA) is 36.4 Å². The van der Waals surface area contributed by atoms with E-state index in [0.717, 1.165) is 41.6 Å². The van der Waals surface area contributed by atoms with Crippen LogP contribution >= 0.6 is 11.8 Å². The molecule has 1 saturated heterocycles. The molecule has 2 N–H and O–H groups in total. The van der Waals surface area contributed by atoms with Crippen LogP contribution in [0.5, 0.6) is 0 Å². The molecule has 130 valence electrons. The smallest absolute Gasteiger partial charge is 0.131 e. The highest BCUT2D eigenvalue weighted by Gasteiger charge is 2.41. The molecule has 0 saturated carbocycles. The van der Waals surface area contributed by atoms with E-state index in [1.807, 2.05) is 36.0 Å². The second-order valence-corrected chi connectivity index (χ2v) is 7.58. The minimum Gasteiger partial charge on any atom is -0.371 e. The molecule has 2 aromatic rings. The van der Waals surface area contributed by atoms with E-state index >= 15 is 0 Å². The monoisotopic (exact) mass is 359 g/mol. The summed E-state index contributed by atoms with van der Waals surface area (Å²) in [6, 6.07) is 11.9. The summed E-state index contributed by atoms with van der Waals surface area (Å²) < 4.78 is 27.9. The molecule has 2 aliphatic rings. The zero-order valence-electron chi connectivity index (χ0n) is 13.7. The number of rotatable bonds is 2. The van der Waals surface area contributed by atoms with Gasteiger partial charge < -0.3 is 10.6 Å². The standard InChI is InChI=1S/C19H19F2N3S/c20-14-4-3-5-15(21)13(14)12-22-18-19(8-10-25-11-9-19)24-17-7-2-1-6-16(17)23-18/h1-7,24H,8-12H2,(H,22,23). The molecule has 2 heterocycles. The lowest BCUT2D eigenvalue weighted by molar-refractivity contribution is 0.547. The van der Waals surface area contributed by atoms with Crippen LogP contribution in [0.3, 0.4) is 0 Å². The maximum Gasteiger partial charge on any atom is 0.131 e. The minimum absolute atomic E-state index is 0.0102. The van der Waals surface area contributed by atoms with E-state index in [4.69, 9.17) is 0 Å². The first-order valence-corrected chi connectivity index (χ1v) is 9.53. The van der Waals surface area contributed by atoms with Crippen molar-refractivity contribution >= 4 is 29.0 Å². The highest BCUT2D eigenvalue weighted by Crippen LogP contribution is 2.38. The second kappa shape index (κ2) is 6.67. The predicted molar refractivity (Wildman–Crippen MR) is 100 cm³/mol. The number of halogens is 2. The molecule has 1 fully saturated rings. The zero-order chi connectivity index (χ0) is 17.3. The van der Waals surface area contributed by atoms with Gasteiger partial charge in [-0.1, -0.05) is 18.2 Å². The first-order valence-electron chi connectivity index (χ1n) is 8.38. The van der Waals surface area contributed by atoms with Gasteiger partial charge in [0, 0.05) is 5.56 Å². The minimum atomic E-state index is -0.554. The third-order valence-electron chi connectivity index (χ3n) is 4.81. The molecule has 0 atom stereocenters. The van der Waals surface area contributed by atoms with E-state index in [1.165, 1.54) is 18.2 Å². The predicted octanol–water partition coefficient (Wildman–Crippen LogP) is 4.67. The summed E-state index contributed by atoms with van der Waals surface area (Å²) in [5.41, 5.74) is 1.71. The number of benzene rings is 2. The highest BCUT2D eigenvalue weighted by atomic mass is 32.2. The van der Waals surface area contributed by atoms with E-state index in [9.17, 15) is 8.78 Å². The Labute approximate surface area is 149 Å². The number of amidine groups is 1. The van der Waals surface area contributed by atoms with Crippen LogP contribution in [0.2, 0.25) is 0 Å². The molecule has 2 aliphatic heterocycles. The quantitative estimate of drug-likeness (QED) is 0.818. The number of nitrogens with one attached hydrogen (secondary N) is 2. The van der Waals surface area contributed by atoms with Crippen LogP contribution in [-0.4, -0.2) is 22.9 Å². The van der Waals surface area contributed by atoms with Gasteiger partial charge in [0.1, 0.15) is 17.5 Å². The maximum atomic E-state index is 13.9. The number of fused-ring (bicyclic) bond motifs is 1. The first-order chi connectivity index (χ1) is 12.2. The van der Waals surface area contributed by atoms with Crippen molar-refractivity contribution in [2.24, 2.45) is 4.99 Å². The van der Waals surface area contributed by atoms with Crippen molar-refractivity contribution in [3.63, 3.8) is 0 Å². The Morgan fingerprint density at radius 2 is 1.64 bits per heavy atom. The van der Waals surface area contributed by atoms with Crippen molar-refractivity contribution in [2.45, 2.75) is 24.9 Å². The summed E-state index contributed by atoms with van der Waals surface area (Å²) in [6.07, 6.45) is 1.86. The van der Waals surface area contributed by atoms with E-state index in [0.29, 0.717) is 0 Å². The van der Waals surface area contributed by atoms with Crippen LogP contribution in [-0.2, 0) is 6.54 Å². The Morgan fingerprint density at radius 3 is 2.36 bits per heavy atom. The van der Waals surface area contributed by atoms with Gasteiger partial charge in [-0.3, -0.25) is 4.99 Å². The molecule has 1 spiro atoms. The van der Waals surface area contributed by atoms with Gasteiger partial charge in [-0.25, -0.2) is 8.78 Å². The van der Waals surface area contributed by atoms with Crippen molar-refractivity contribution in [2.75, 3.05) is 22.1 Å². The molecular formula is C19H19F2N3S. The molecule has 0 radical (unpaired) electrons. The molecule has 4 rings (SSSR count). The van der Waals surface area contributed by atoms with Crippen molar-refractivity contribution in [3.05, 3.63) is 59.7 Å². The van der Waals surface area contributed by atoms with E-state index < -0.39 is 11.6 Å². The summed E-state index contributed by atoms with van der Waals surface area (Å²) in [4.78, 5) is 4.60. The largest absolute Gasteiger partial charge is 0.371 e. The summed E-state index contributed by atoms with van der Waals surface area (Å²) in [5.74, 6) is 1.73. The SMILES string of the molecule is Fc1cccc(F)c1CN=C1Nc2ccccc2NC12CCSCC2. The van der Waals surface area contributed by atoms with Gasteiger partial charge in [0.15, 0.2) is 0 Å². The van der Waals surface area contributed by atoms with Crippen LogP contribution in [0, 0.1) is 11.6 Å². The molecule has 0 bridgehead atoms. The Morgan fingerprint density at radius 1 is 0.960 bits per heavy atom. The molecule has 25 heavy (non-hydrogen) atoms. The van der Waals surface area contributed by atoms with E-state index in [1.54, 1.807) is 0 Å². The van der Waals surface area contributed by atoms with Gasteiger partial charge in [-0.15, -0.1) is 0 Å². The van der Waals surface area contributed by atoms with Gasteiger partial charge in [0.05, 0.1) is 23.5 Å². The summed E-state index contributed by atoms with van der Waals surface area (Å²) in [6.45, 7) is -0.0143. The lowest BCUT2D eigenvalue weighted by Crippen LogP contribution is -2.54. The normalized spacial score (nSPS) is 20.0. The van der Waals surface area contributed by atoms with Crippen LogP contribution in [0.1, 0.15) is 18.4 Å². The third kappa shape index (κ3) is 3.11. The van der Waals surface area contributed by atoms with Crippen molar-refractivity contribution in [1.29, 1.82) is 0 Å². The van der Waals surface area contributed by atoms with Crippen LogP contribution < -0.4 is 10.6 Å². The second-order valence-electron chi connectivity index (χ2n) is 6.36. The molecule has 0 aliphatic carbocycles. The molecule has 2 aromatic carbocycles. The van der Waals surface area contributed by atoms with Gasteiger partial charge in [-0.05, 0) is 48.6 Å². The lowest BCUT2D eigenvalue weighted by atomic mass is 9.87. The van der Waals surface area contributed by atoms with Crippen LogP contribution in [0.15, 0.2) is 47.5 Å². The first kappa shape index (κ1) is 16.4. The Kier molecular flexibility index (Phi) is 4.37. The Hall–Kier alpha value is -2.08. The van der Waals surface area contributed by atoms with Crippen molar-refractivity contribution in [1.82, 2.24) is 0 Å². The molecular weight excluding hydrogens is 340 g/mol. The third-order valence-corrected chi connectivity index (χ3v) is 5.80. The number of nitrogens with zero attached hydrogens (tertiary/aromatic N) is 1. The van der Waals surface area contributed by atoms with Gasteiger partial charge >= 0.3 is 0 Å². The van der Waals surface area contributed by atoms with E-state index in [2.05, 4.69) is 15.6 Å². The molecule has 0 unspecified atom stereocenters. The molecule has 3 nitrogen and oxygen atoms in total. The fourth-order valence-electron chi connectivity index (χ4n) is 3.38. The summed E-state index contributed by atoms with van der Waals surface area (Å²) >= 11 is 1.92. The number of anilines is 2. The summed E-state index contributed by atoms with van der Waals surface area (Å²) in [5, 5.41) is 7.03. The van der Waals surface area contributed by atoms with Gasteiger partial charge in [0.25, 0.3) is 0 Å².